The molecule has 0 radical (unpaired) electrons. The summed E-state index contributed by atoms with van der Waals surface area (Å²) in [5, 5.41) is 6.69. The molecular weight excluding hydrogens is 316 g/mol. The molecule has 4 rings (SSSR count). The minimum atomic E-state index is -0.211. The Hall–Kier alpha value is -3.02. The third-order valence-electron chi connectivity index (χ3n) is 4.18. The second-order valence-corrected chi connectivity index (χ2v) is 6.18. The van der Waals surface area contributed by atoms with Gasteiger partial charge in [-0.3, -0.25) is 4.79 Å². The molecule has 6 nitrogen and oxygen atoms in total. The maximum Gasteiger partial charge on any atom is 0.273 e. The molecule has 1 aromatic carbocycles. The van der Waals surface area contributed by atoms with Gasteiger partial charge in [0.2, 0.25) is 0 Å². The van der Waals surface area contributed by atoms with E-state index in [2.05, 4.69) is 20.4 Å². The Kier molecular flexibility index (Phi) is 4.24. The van der Waals surface area contributed by atoms with Crippen LogP contribution in [0.2, 0.25) is 0 Å². The van der Waals surface area contributed by atoms with Crippen LogP contribution in [0.3, 0.4) is 0 Å². The molecule has 0 saturated heterocycles. The molecule has 1 amide bonds. The van der Waals surface area contributed by atoms with Crippen LogP contribution >= 0.6 is 0 Å². The quantitative estimate of drug-likeness (QED) is 0.749. The molecule has 3 aromatic rings. The van der Waals surface area contributed by atoms with E-state index in [1.165, 1.54) is 0 Å². The lowest BCUT2D eigenvalue weighted by Crippen LogP contribution is -2.26. The number of nitrogens with one attached hydrogen (secondary N) is 1. The molecule has 126 valence electrons. The fourth-order valence-electron chi connectivity index (χ4n) is 2.59. The average Bonchev–Trinajstić information content (AvgIpc) is 3.39. The summed E-state index contributed by atoms with van der Waals surface area (Å²) in [5.41, 5.74) is 2.30. The molecule has 1 N–H and O–H groups in total. The van der Waals surface area contributed by atoms with E-state index in [0.29, 0.717) is 30.4 Å². The highest BCUT2D eigenvalue weighted by atomic mass is 16.5. The Morgan fingerprint density at radius 1 is 1.16 bits per heavy atom. The van der Waals surface area contributed by atoms with Crippen molar-refractivity contribution < 1.29 is 9.32 Å². The van der Waals surface area contributed by atoms with Gasteiger partial charge in [0.1, 0.15) is 5.76 Å². The van der Waals surface area contributed by atoms with E-state index in [1.54, 1.807) is 18.5 Å². The lowest BCUT2D eigenvalue weighted by atomic mass is 10.2. The largest absolute Gasteiger partial charge is 0.360 e. The first-order chi connectivity index (χ1) is 12.3. The smallest absolute Gasteiger partial charge is 0.273 e. The molecule has 0 aliphatic heterocycles. The predicted molar refractivity (Wildman–Crippen MR) is 92.0 cm³/mol. The van der Waals surface area contributed by atoms with Crippen LogP contribution in [0.1, 0.15) is 40.6 Å². The molecule has 1 aliphatic rings. The van der Waals surface area contributed by atoms with Gasteiger partial charge in [0, 0.05) is 36.5 Å². The van der Waals surface area contributed by atoms with Gasteiger partial charge < -0.3 is 9.84 Å². The number of hydrogen-bond acceptors (Lipinski definition) is 5. The number of benzene rings is 1. The maximum absolute atomic E-state index is 12.1. The van der Waals surface area contributed by atoms with Gasteiger partial charge in [0.25, 0.3) is 5.91 Å². The van der Waals surface area contributed by atoms with Crippen LogP contribution in [-0.4, -0.2) is 27.6 Å². The van der Waals surface area contributed by atoms with Gasteiger partial charge in [0.05, 0.1) is 0 Å². The van der Waals surface area contributed by atoms with Crippen LogP contribution in [0.5, 0.6) is 0 Å². The zero-order valence-electron chi connectivity index (χ0n) is 13.7. The predicted octanol–water partition coefficient (Wildman–Crippen LogP) is 2.98. The molecule has 25 heavy (non-hydrogen) atoms. The maximum atomic E-state index is 12.1. The van der Waals surface area contributed by atoms with Crippen molar-refractivity contribution in [3.8, 4) is 11.4 Å². The summed E-state index contributed by atoms with van der Waals surface area (Å²) >= 11 is 0. The van der Waals surface area contributed by atoms with Gasteiger partial charge >= 0.3 is 0 Å². The fraction of sp³-hybridized carbons (Fsp3) is 0.263. The molecule has 0 unspecified atom stereocenters. The van der Waals surface area contributed by atoms with E-state index in [9.17, 15) is 4.79 Å². The summed E-state index contributed by atoms with van der Waals surface area (Å²) in [7, 11) is 0. The Bertz CT molecular complexity index is 855. The molecule has 2 aromatic heterocycles. The average molecular weight is 334 g/mol. The highest BCUT2D eigenvalue weighted by Crippen LogP contribution is 2.40. The molecule has 1 aliphatic carbocycles. The van der Waals surface area contributed by atoms with Gasteiger partial charge in [-0.1, -0.05) is 35.5 Å². The first-order valence-corrected chi connectivity index (χ1v) is 8.41. The van der Waals surface area contributed by atoms with E-state index in [4.69, 9.17) is 4.52 Å². The van der Waals surface area contributed by atoms with E-state index < -0.39 is 0 Å². The van der Waals surface area contributed by atoms with Crippen LogP contribution in [0.25, 0.3) is 11.4 Å². The van der Waals surface area contributed by atoms with Crippen molar-refractivity contribution in [2.75, 3.05) is 6.54 Å². The topological polar surface area (TPSA) is 80.9 Å². The Balaban J connectivity index is 1.30. The summed E-state index contributed by atoms with van der Waals surface area (Å²) in [5.74, 6) is 1.76. The minimum Gasteiger partial charge on any atom is -0.360 e. The van der Waals surface area contributed by atoms with Crippen LogP contribution in [0.15, 0.2) is 53.3 Å². The van der Waals surface area contributed by atoms with Crippen LogP contribution in [0, 0.1) is 0 Å². The van der Waals surface area contributed by atoms with Gasteiger partial charge in [-0.15, -0.1) is 0 Å². The molecule has 1 fully saturated rings. The van der Waals surface area contributed by atoms with Crippen molar-refractivity contribution >= 4 is 5.91 Å². The van der Waals surface area contributed by atoms with Crippen LogP contribution in [0.4, 0.5) is 0 Å². The number of carbonyl (C=O) groups excluding carboxylic acids is 1. The normalized spacial score (nSPS) is 13.6. The number of hydrogen-bond donors (Lipinski definition) is 1. The zero-order valence-corrected chi connectivity index (χ0v) is 13.7. The molecule has 2 heterocycles. The third kappa shape index (κ3) is 3.74. The number of aromatic nitrogens is 3. The fourth-order valence-corrected chi connectivity index (χ4v) is 2.59. The Morgan fingerprint density at radius 3 is 2.64 bits per heavy atom. The van der Waals surface area contributed by atoms with Crippen molar-refractivity contribution in [2.45, 2.75) is 25.2 Å². The van der Waals surface area contributed by atoms with Gasteiger partial charge in [-0.2, -0.15) is 0 Å². The Morgan fingerprint density at radius 2 is 1.92 bits per heavy atom. The lowest BCUT2D eigenvalue weighted by Gasteiger charge is -2.04. The highest BCUT2D eigenvalue weighted by molar-refractivity contribution is 5.92. The van der Waals surface area contributed by atoms with Gasteiger partial charge in [-0.25, -0.2) is 9.97 Å². The minimum absolute atomic E-state index is 0.211. The van der Waals surface area contributed by atoms with Crippen molar-refractivity contribution in [2.24, 2.45) is 0 Å². The van der Waals surface area contributed by atoms with Crippen LogP contribution in [-0.2, 0) is 6.42 Å². The van der Waals surface area contributed by atoms with E-state index in [1.807, 2.05) is 30.3 Å². The number of nitrogens with zero attached hydrogens (tertiary/aromatic N) is 3. The second-order valence-electron chi connectivity index (χ2n) is 6.18. The summed E-state index contributed by atoms with van der Waals surface area (Å²) in [6.07, 6.45) is 6.49. The number of rotatable bonds is 6. The molecule has 0 bridgehead atoms. The summed E-state index contributed by atoms with van der Waals surface area (Å²) in [6, 6.07) is 11.6. The van der Waals surface area contributed by atoms with Crippen LogP contribution < -0.4 is 5.32 Å². The van der Waals surface area contributed by atoms with E-state index in [0.717, 1.165) is 29.7 Å². The van der Waals surface area contributed by atoms with Gasteiger partial charge in [0.15, 0.2) is 11.5 Å². The third-order valence-corrected chi connectivity index (χ3v) is 4.18. The molecule has 0 spiro atoms. The summed E-state index contributed by atoms with van der Waals surface area (Å²) in [4.78, 5) is 20.8. The van der Waals surface area contributed by atoms with E-state index >= 15 is 0 Å². The van der Waals surface area contributed by atoms with E-state index in [-0.39, 0.29) is 5.91 Å². The SMILES string of the molecule is O=C(NCCc1cnc(-c2ccccc2)nc1)c1cc(C2CC2)on1. The first kappa shape index (κ1) is 15.5. The van der Waals surface area contributed by atoms with Crippen molar-refractivity contribution in [3.05, 3.63) is 65.8 Å². The monoisotopic (exact) mass is 334 g/mol. The lowest BCUT2D eigenvalue weighted by molar-refractivity contribution is 0.0945. The zero-order chi connectivity index (χ0) is 17.1. The first-order valence-electron chi connectivity index (χ1n) is 8.41. The van der Waals surface area contributed by atoms with Crippen molar-refractivity contribution in [1.29, 1.82) is 0 Å². The Labute approximate surface area is 145 Å². The van der Waals surface area contributed by atoms with Crippen molar-refractivity contribution in [3.63, 3.8) is 0 Å². The number of carbonyl (C=O) groups is 1. The number of amides is 1. The van der Waals surface area contributed by atoms with Crippen molar-refractivity contribution in [1.82, 2.24) is 20.4 Å². The summed E-state index contributed by atoms with van der Waals surface area (Å²) in [6.45, 7) is 0.499. The highest BCUT2D eigenvalue weighted by Gasteiger charge is 2.28. The molecule has 0 atom stereocenters. The molecule has 1 saturated carbocycles. The summed E-state index contributed by atoms with van der Waals surface area (Å²) < 4.78 is 5.20. The standard InChI is InChI=1S/C19H18N4O2/c24-19(16-10-17(25-23-16)14-6-7-14)20-9-8-13-11-21-18(22-12-13)15-4-2-1-3-5-15/h1-5,10-12,14H,6-9H2,(H,20,24). The molecule has 6 heteroatoms. The molecular formula is C19H18N4O2. The van der Waals surface area contributed by atoms with Gasteiger partial charge in [-0.05, 0) is 24.8 Å². The second kappa shape index (κ2) is 6.84.